The highest BCUT2D eigenvalue weighted by Crippen LogP contribution is 2.28. The first kappa shape index (κ1) is 18.6. The number of carbonyl (C=O) groups is 1. The monoisotopic (exact) mass is 367 g/mol. The quantitative estimate of drug-likeness (QED) is 0.393. The van der Waals surface area contributed by atoms with Crippen molar-refractivity contribution in [3.05, 3.63) is 59.7 Å². The van der Waals surface area contributed by atoms with Crippen molar-refractivity contribution in [2.24, 2.45) is 0 Å². The number of allylic oxidation sites excluding steroid dienone is 1. The van der Waals surface area contributed by atoms with E-state index < -0.39 is 0 Å². The summed E-state index contributed by atoms with van der Waals surface area (Å²) in [5.41, 5.74) is 2.94. The van der Waals surface area contributed by atoms with Crippen LogP contribution in [0, 0.1) is 0 Å². The van der Waals surface area contributed by atoms with E-state index in [9.17, 15) is 4.79 Å². The van der Waals surface area contributed by atoms with Crippen molar-refractivity contribution < 1.29 is 9.53 Å². The number of hydrogen-bond donors (Lipinski definition) is 0. The number of rotatable bonds is 6. The Bertz CT molecular complexity index is 777. The molecule has 0 amide bonds. The molecule has 1 saturated heterocycles. The number of thioether (sulfide) groups is 1. The lowest BCUT2D eigenvalue weighted by atomic mass is 10.1. The molecule has 3 nitrogen and oxygen atoms in total. The zero-order valence-corrected chi connectivity index (χ0v) is 16.2. The predicted molar refractivity (Wildman–Crippen MR) is 111 cm³/mol. The van der Waals surface area contributed by atoms with E-state index in [0.717, 1.165) is 29.3 Å². The lowest BCUT2D eigenvalue weighted by Gasteiger charge is -2.28. The molecule has 4 heteroatoms. The van der Waals surface area contributed by atoms with Crippen molar-refractivity contribution in [2.75, 3.05) is 31.4 Å². The van der Waals surface area contributed by atoms with Gasteiger partial charge in [0.05, 0.1) is 7.11 Å². The van der Waals surface area contributed by atoms with Crippen LogP contribution in [0.15, 0.2) is 53.4 Å². The molecule has 0 N–H and O–H groups in total. The number of hydrogen-bond acceptors (Lipinski definition) is 4. The lowest BCUT2D eigenvalue weighted by Crippen LogP contribution is -2.29. The second-order valence-electron chi connectivity index (χ2n) is 6.41. The van der Waals surface area contributed by atoms with E-state index in [-0.39, 0.29) is 5.78 Å². The average molecular weight is 368 g/mol. The van der Waals surface area contributed by atoms with Gasteiger partial charge in [-0.15, -0.1) is 11.8 Å². The molecule has 2 aromatic carbocycles. The minimum absolute atomic E-state index is 0.0175. The van der Waals surface area contributed by atoms with Gasteiger partial charge in [-0.2, -0.15) is 0 Å². The fourth-order valence-corrected chi connectivity index (χ4v) is 3.75. The molecule has 0 unspecified atom stereocenters. The zero-order chi connectivity index (χ0) is 18.4. The van der Waals surface area contributed by atoms with Gasteiger partial charge >= 0.3 is 0 Å². The number of anilines is 1. The van der Waals surface area contributed by atoms with Crippen LogP contribution in [-0.2, 0) is 0 Å². The van der Waals surface area contributed by atoms with Gasteiger partial charge in [-0.05, 0) is 67.5 Å². The number of benzene rings is 2. The number of ether oxygens (including phenoxy) is 1. The van der Waals surface area contributed by atoms with Gasteiger partial charge in [-0.1, -0.05) is 18.2 Å². The molecule has 3 rings (SSSR count). The molecule has 1 aliphatic rings. The summed E-state index contributed by atoms with van der Waals surface area (Å²) < 4.78 is 5.36. The van der Waals surface area contributed by atoms with Gasteiger partial charge in [-0.25, -0.2) is 0 Å². The van der Waals surface area contributed by atoms with Gasteiger partial charge in [0.15, 0.2) is 5.78 Å². The summed E-state index contributed by atoms with van der Waals surface area (Å²) in [6, 6.07) is 14.0. The van der Waals surface area contributed by atoms with E-state index in [1.54, 1.807) is 31.0 Å². The molecule has 0 saturated carbocycles. The highest BCUT2D eigenvalue weighted by molar-refractivity contribution is 7.98. The van der Waals surface area contributed by atoms with Gasteiger partial charge in [0.25, 0.3) is 0 Å². The number of ketones is 1. The van der Waals surface area contributed by atoms with Crippen molar-refractivity contribution in [1.29, 1.82) is 0 Å². The molecular formula is C22H25NO2S. The van der Waals surface area contributed by atoms with E-state index in [4.69, 9.17) is 4.74 Å². The fourth-order valence-electron chi connectivity index (χ4n) is 3.21. The van der Waals surface area contributed by atoms with Crippen molar-refractivity contribution in [1.82, 2.24) is 0 Å². The molecule has 136 valence electrons. The number of piperidine rings is 1. The first-order chi connectivity index (χ1) is 12.7. The first-order valence-corrected chi connectivity index (χ1v) is 10.2. The third-order valence-corrected chi connectivity index (χ3v) is 5.49. The Balaban J connectivity index is 1.68. The minimum Gasteiger partial charge on any atom is -0.496 e. The Kier molecular flexibility index (Phi) is 6.40. The molecule has 26 heavy (non-hydrogen) atoms. The largest absolute Gasteiger partial charge is 0.496 e. The standard InChI is InChI=1S/C22H25NO2S/c1-25-21-16-18(9-13-22(21)26-2)20(24)12-8-17-6-10-19(11-7-17)23-14-4-3-5-15-23/h6-13,16H,3-5,14-15H2,1-2H3/b12-8+. The molecule has 1 fully saturated rings. The van der Waals surface area contributed by atoms with Crippen LogP contribution >= 0.6 is 11.8 Å². The molecule has 1 heterocycles. The third kappa shape index (κ3) is 4.50. The molecular weight excluding hydrogens is 342 g/mol. The lowest BCUT2D eigenvalue weighted by molar-refractivity contribution is 0.104. The fraction of sp³-hybridized carbons (Fsp3) is 0.318. The zero-order valence-electron chi connectivity index (χ0n) is 15.4. The topological polar surface area (TPSA) is 29.5 Å². The third-order valence-electron chi connectivity index (χ3n) is 4.71. The normalized spacial score (nSPS) is 14.6. The van der Waals surface area contributed by atoms with E-state index in [1.807, 2.05) is 24.5 Å². The molecule has 2 aromatic rings. The van der Waals surface area contributed by atoms with E-state index in [2.05, 4.69) is 29.2 Å². The van der Waals surface area contributed by atoms with Gasteiger partial charge in [0.1, 0.15) is 5.75 Å². The summed E-state index contributed by atoms with van der Waals surface area (Å²) >= 11 is 1.61. The maximum absolute atomic E-state index is 12.4. The van der Waals surface area contributed by atoms with E-state index in [1.165, 1.54) is 24.9 Å². The van der Waals surface area contributed by atoms with Crippen LogP contribution in [0.2, 0.25) is 0 Å². The van der Waals surface area contributed by atoms with Crippen LogP contribution in [-0.4, -0.2) is 32.2 Å². The molecule has 0 spiro atoms. The van der Waals surface area contributed by atoms with Gasteiger partial charge < -0.3 is 9.64 Å². The van der Waals surface area contributed by atoms with Gasteiger partial charge in [-0.3, -0.25) is 4.79 Å². The second-order valence-corrected chi connectivity index (χ2v) is 7.25. The van der Waals surface area contributed by atoms with E-state index in [0.29, 0.717) is 5.56 Å². The summed E-state index contributed by atoms with van der Waals surface area (Å²) in [5.74, 6) is 0.721. The van der Waals surface area contributed by atoms with Crippen molar-refractivity contribution in [3.8, 4) is 5.75 Å². The first-order valence-electron chi connectivity index (χ1n) is 9.01. The van der Waals surface area contributed by atoms with Crippen LogP contribution in [0.5, 0.6) is 5.75 Å². The van der Waals surface area contributed by atoms with Crippen molar-refractivity contribution >= 4 is 29.3 Å². The van der Waals surface area contributed by atoms with Crippen LogP contribution in [0.1, 0.15) is 35.2 Å². The number of carbonyl (C=O) groups excluding carboxylic acids is 1. The van der Waals surface area contributed by atoms with E-state index >= 15 is 0 Å². The molecule has 1 aliphatic heterocycles. The molecule has 0 bridgehead atoms. The highest BCUT2D eigenvalue weighted by Gasteiger charge is 2.10. The molecule has 0 aromatic heterocycles. The second kappa shape index (κ2) is 8.95. The maximum atomic E-state index is 12.4. The molecule has 0 aliphatic carbocycles. The Hall–Kier alpha value is -2.20. The van der Waals surface area contributed by atoms with Gasteiger partial charge in [0, 0.05) is 29.2 Å². The summed E-state index contributed by atoms with van der Waals surface area (Å²) in [7, 11) is 1.63. The number of methoxy groups -OCH3 is 1. The summed E-state index contributed by atoms with van der Waals surface area (Å²) in [4.78, 5) is 15.9. The summed E-state index contributed by atoms with van der Waals surface area (Å²) in [5, 5.41) is 0. The Morgan fingerprint density at radius 3 is 2.46 bits per heavy atom. The number of nitrogens with zero attached hydrogens (tertiary/aromatic N) is 1. The SMILES string of the molecule is COc1cc(C(=O)/C=C/c2ccc(N3CCCCC3)cc2)ccc1SC. The smallest absolute Gasteiger partial charge is 0.185 e. The molecule has 0 radical (unpaired) electrons. The van der Waals surface area contributed by atoms with Crippen molar-refractivity contribution in [2.45, 2.75) is 24.2 Å². The van der Waals surface area contributed by atoms with Crippen LogP contribution in [0.25, 0.3) is 6.08 Å². The minimum atomic E-state index is -0.0175. The Morgan fingerprint density at radius 2 is 1.81 bits per heavy atom. The summed E-state index contributed by atoms with van der Waals surface area (Å²) in [6.07, 6.45) is 9.37. The Labute approximate surface area is 160 Å². The molecule has 0 atom stereocenters. The predicted octanol–water partition coefficient (Wildman–Crippen LogP) is 5.30. The van der Waals surface area contributed by atoms with Crippen LogP contribution in [0.3, 0.4) is 0 Å². The van der Waals surface area contributed by atoms with Gasteiger partial charge in [0.2, 0.25) is 0 Å². The maximum Gasteiger partial charge on any atom is 0.185 e. The van der Waals surface area contributed by atoms with Crippen molar-refractivity contribution in [3.63, 3.8) is 0 Å². The highest BCUT2D eigenvalue weighted by atomic mass is 32.2. The average Bonchev–Trinajstić information content (AvgIpc) is 2.72. The summed E-state index contributed by atoms with van der Waals surface area (Å²) in [6.45, 7) is 2.28. The Morgan fingerprint density at radius 1 is 1.08 bits per heavy atom. The van der Waals surface area contributed by atoms with Crippen LogP contribution < -0.4 is 9.64 Å². The van der Waals surface area contributed by atoms with Crippen LogP contribution in [0.4, 0.5) is 5.69 Å².